The van der Waals surface area contributed by atoms with Crippen molar-refractivity contribution in [1.29, 1.82) is 0 Å². The van der Waals surface area contributed by atoms with E-state index in [0.29, 0.717) is 5.82 Å². The monoisotopic (exact) mass is 102 g/mol. The Bertz CT molecular complexity index is 55.8. The molecule has 0 radical (unpaired) electrons. The Morgan fingerprint density at radius 3 is 2.17 bits per heavy atom. The van der Waals surface area contributed by atoms with E-state index in [0.717, 1.165) is 16.3 Å². The normalized spacial score (nSPS) is 8.00. The molecule has 2 nitrogen and oxygen atoms in total. The van der Waals surface area contributed by atoms with Crippen LogP contribution in [0.1, 0.15) is 0 Å². The van der Waals surface area contributed by atoms with Crippen molar-refractivity contribution >= 4 is 10.2 Å². The molecule has 0 aromatic heterocycles. The summed E-state index contributed by atoms with van der Waals surface area (Å²) < 4.78 is 0. The number of hydrogen-bond acceptors (Lipinski definition) is 2. The number of rotatable bonds is 1. The van der Waals surface area contributed by atoms with Gasteiger partial charge in [0.2, 0.25) is 0 Å². The maximum atomic E-state index is 5.06. The van der Waals surface area contributed by atoms with Crippen molar-refractivity contribution in [3.63, 3.8) is 0 Å². The Kier molecular flexibility index (Phi) is 2.57. The first-order valence-electron chi connectivity index (χ1n) is 1.98. The lowest BCUT2D eigenvalue weighted by atomic mass is 10.6. The van der Waals surface area contributed by atoms with Crippen molar-refractivity contribution in [3.05, 3.63) is 11.9 Å². The molecule has 0 aliphatic heterocycles. The Labute approximate surface area is 40.6 Å². The van der Waals surface area contributed by atoms with Gasteiger partial charge in [0, 0.05) is 10.2 Å². The quantitative estimate of drug-likeness (QED) is 0.397. The van der Waals surface area contributed by atoms with Crippen LogP contribution in [0.15, 0.2) is 11.9 Å². The van der Waals surface area contributed by atoms with E-state index in [2.05, 4.69) is 0 Å². The summed E-state index contributed by atoms with van der Waals surface area (Å²) in [6, 6.07) is 1.06. The minimum Gasteiger partial charge on any atom is -0.386 e. The van der Waals surface area contributed by atoms with Gasteiger partial charge in [0.25, 0.3) is 0 Å². The van der Waals surface area contributed by atoms with E-state index in [1.54, 1.807) is 0 Å². The van der Waals surface area contributed by atoms with Crippen LogP contribution in [0.4, 0.5) is 0 Å². The third-order valence-corrected chi connectivity index (χ3v) is 0.848. The molecular formula is C3H10N2Si. The molecule has 0 aromatic rings. The van der Waals surface area contributed by atoms with Gasteiger partial charge in [0.15, 0.2) is 0 Å². The topological polar surface area (TPSA) is 52.0 Å². The number of allylic oxidation sites excluding steroid dienone is 1. The van der Waals surface area contributed by atoms with E-state index in [-0.39, 0.29) is 0 Å². The number of hydrogen-bond donors (Lipinski definition) is 2. The first kappa shape index (κ1) is 5.56. The zero-order chi connectivity index (χ0) is 4.99. The maximum Gasteiger partial charge on any atom is 0.0889 e. The van der Waals surface area contributed by atoms with Crippen LogP contribution < -0.4 is 11.5 Å². The largest absolute Gasteiger partial charge is 0.386 e. The van der Waals surface area contributed by atoms with E-state index in [4.69, 9.17) is 11.5 Å². The zero-order valence-corrected chi connectivity index (χ0v) is 5.94. The van der Waals surface area contributed by atoms with Crippen molar-refractivity contribution in [2.45, 2.75) is 6.04 Å². The summed E-state index contributed by atoms with van der Waals surface area (Å²) in [6.07, 6.45) is 1.83. The van der Waals surface area contributed by atoms with Gasteiger partial charge in [-0.05, 0) is 12.1 Å². The molecule has 0 saturated heterocycles. The number of nitrogens with two attached hydrogens (primary N) is 2. The molecule has 6 heavy (non-hydrogen) atoms. The molecule has 0 bridgehead atoms. The van der Waals surface area contributed by atoms with Crippen molar-refractivity contribution in [2.75, 3.05) is 0 Å². The minimum atomic E-state index is 0.449. The van der Waals surface area contributed by atoms with Crippen LogP contribution in [0.25, 0.3) is 0 Å². The molecule has 0 amide bonds. The Morgan fingerprint density at radius 1 is 1.67 bits per heavy atom. The van der Waals surface area contributed by atoms with Crippen LogP contribution in [0.3, 0.4) is 0 Å². The average molecular weight is 102 g/mol. The second-order valence-electron chi connectivity index (χ2n) is 1.11. The second-order valence-corrected chi connectivity index (χ2v) is 1.93. The molecule has 0 fully saturated rings. The van der Waals surface area contributed by atoms with Crippen molar-refractivity contribution in [1.82, 2.24) is 0 Å². The van der Waals surface area contributed by atoms with Gasteiger partial charge >= 0.3 is 0 Å². The highest BCUT2D eigenvalue weighted by molar-refractivity contribution is 6.09. The lowest BCUT2D eigenvalue weighted by Gasteiger charge is -1.82. The standard InChI is InChI=1S/C3H10N2Si/c4-3(5)1-2-6/h1H,2,4-5H2,6H3. The Morgan fingerprint density at radius 2 is 2.17 bits per heavy atom. The van der Waals surface area contributed by atoms with Crippen LogP contribution in [0, 0.1) is 0 Å². The third-order valence-electron chi connectivity index (χ3n) is 0.440. The van der Waals surface area contributed by atoms with Crippen molar-refractivity contribution in [2.24, 2.45) is 11.5 Å². The fraction of sp³-hybridized carbons (Fsp3) is 0.333. The highest BCUT2D eigenvalue weighted by Crippen LogP contribution is 1.72. The Balaban J connectivity index is 3.14. The smallest absolute Gasteiger partial charge is 0.0889 e. The zero-order valence-electron chi connectivity index (χ0n) is 3.94. The van der Waals surface area contributed by atoms with Crippen LogP contribution in [-0.2, 0) is 0 Å². The highest BCUT2D eigenvalue weighted by atomic mass is 28.1. The molecule has 0 aliphatic carbocycles. The fourth-order valence-corrected chi connectivity index (χ4v) is 0.707. The SMILES string of the molecule is NC(N)=CC[SiH3]. The van der Waals surface area contributed by atoms with Crippen molar-refractivity contribution in [3.8, 4) is 0 Å². The lowest BCUT2D eigenvalue weighted by molar-refractivity contribution is 1.23. The first-order chi connectivity index (χ1) is 2.77. The maximum absolute atomic E-state index is 5.06. The summed E-state index contributed by atoms with van der Waals surface area (Å²) in [6.45, 7) is 0. The van der Waals surface area contributed by atoms with Crippen LogP contribution in [0.2, 0.25) is 6.04 Å². The third kappa shape index (κ3) is 3.56. The van der Waals surface area contributed by atoms with E-state index in [1.807, 2.05) is 6.08 Å². The molecule has 36 valence electrons. The van der Waals surface area contributed by atoms with Gasteiger partial charge in [0.1, 0.15) is 0 Å². The van der Waals surface area contributed by atoms with Gasteiger partial charge in [-0.2, -0.15) is 0 Å². The second kappa shape index (κ2) is 2.78. The van der Waals surface area contributed by atoms with Gasteiger partial charge in [0.05, 0.1) is 5.82 Å². The predicted octanol–water partition coefficient (Wildman–Crippen LogP) is -1.47. The van der Waals surface area contributed by atoms with E-state index < -0.39 is 0 Å². The first-order valence-corrected chi connectivity index (χ1v) is 3.40. The molecule has 0 aliphatic rings. The molecule has 0 aromatic carbocycles. The lowest BCUT2D eigenvalue weighted by Crippen LogP contribution is -2.06. The predicted molar refractivity (Wildman–Crippen MR) is 31.2 cm³/mol. The molecule has 0 saturated carbocycles. The van der Waals surface area contributed by atoms with Gasteiger partial charge in [-0.1, -0.05) is 0 Å². The molecule has 0 heterocycles. The van der Waals surface area contributed by atoms with E-state index in [1.165, 1.54) is 0 Å². The Hall–Kier alpha value is -0.443. The summed E-state index contributed by atoms with van der Waals surface area (Å²) >= 11 is 0. The molecule has 3 heteroatoms. The molecule has 4 N–H and O–H groups in total. The van der Waals surface area contributed by atoms with Gasteiger partial charge in [-0.25, -0.2) is 0 Å². The van der Waals surface area contributed by atoms with Crippen LogP contribution in [0.5, 0.6) is 0 Å². The fourth-order valence-electron chi connectivity index (χ4n) is 0.236. The summed E-state index contributed by atoms with van der Waals surface area (Å²) in [5, 5.41) is 0. The summed E-state index contributed by atoms with van der Waals surface area (Å²) in [7, 11) is 1.15. The van der Waals surface area contributed by atoms with Gasteiger partial charge in [-0.3, -0.25) is 0 Å². The van der Waals surface area contributed by atoms with Crippen LogP contribution in [-0.4, -0.2) is 10.2 Å². The molecule has 0 rings (SSSR count). The minimum absolute atomic E-state index is 0.449. The summed E-state index contributed by atoms with van der Waals surface area (Å²) in [5.41, 5.74) is 10.1. The van der Waals surface area contributed by atoms with E-state index >= 15 is 0 Å². The average Bonchev–Trinajstić information content (AvgIpc) is 1.35. The molecule has 0 atom stereocenters. The molecule has 0 unspecified atom stereocenters. The van der Waals surface area contributed by atoms with Gasteiger partial charge in [-0.15, -0.1) is 0 Å². The van der Waals surface area contributed by atoms with Crippen molar-refractivity contribution < 1.29 is 0 Å². The highest BCUT2D eigenvalue weighted by Gasteiger charge is 1.67. The molecular weight excluding hydrogens is 92.1 g/mol. The summed E-state index contributed by atoms with van der Waals surface area (Å²) in [4.78, 5) is 0. The summed E-state index contributed by atoms with van der Waals surface area (Å²) in [5.74, 6) is 0.449. The van der Waals surface area contributed by atoms with Crippen LogP contribution >= 0.6 is 0 Å². The van der Waals surface area contributed by atoms with E-state index in [9.17, 15) is 0 Å². The van der Waals surface area contributed by atoms with Gasteiger partial charge < -0.3 is 11.5 Å². The molecule has 0 spiro atoms.